The van der Waals surface area contributed by atoms with Crippen LogP contribution in [0.25, 0.3) is 0 Å². The number of hydrogen-bond donors (Lipinski definition) is 0. The molecule has 0 saturated heterocycles. The maximum Gasteiger partial charge on any atom is 0.102 e. The molecule has 0 heterocycles. The van der Waals surface area contributed by atoms with Crippen molar-refractivity contribution in [1.29, 1.82) is 0 Å². The van der Waals surface area contributed by atoms with E-state index in [2.05, 4.69) is 20.9 Å². The van der Waals surface area contributed by atoms with Gasteiger partial charge in [0.05, 0.1) is 50.1 Å². The number of quaternary nitrogens is 1. The fourth-order valence-corrected chi connectivity index (χ4v) is 3.21. The van der Waals surface area contributed by atoms with Crippen molar-refractivity contribution in [1.82, 2.24) is 0 Å². The molecule has 0 saturated carbocycles. The summed E-state index contributed by atoms with van der Waals surface area (Å²) >= 11 is 0. The van der Waals surface area contributed by atoms with Crippen LogP contribution in [-0.2, 0) is 19.6 Å². The van der Waals surface area contributed by atoms with E-state index in [1.807, 2.05) is 0 Å². The summed E-state index contributed by atoms with van der Waals surface area (Å²) in [5.74, 6) is -0.276. The third kappa shape index (κ3) is 17.0. The van der Waals surface area contributed by atoms with Gasteiger partial charge in [0.25, 0.3) is 0 Å². The largest absolute Gasteiger partial charge is 0.748 e. The van der Waals surface area contributed by atoms with Crippen molar-refractivity contribution in [3.8, 4) is 0 Å². The van der Waals surface area contributed by atoms with E-state index in [0.29, 0.717) is 32.8 Å². The van der Waals surface area contributed by atoms with Gasteiger partial charge < -0.3 is 18.5 Å². The molecule has 0 aromatic heterocycles. The van der Waals surface area contributed by atoms with Crippen molar-refractivity contribution in [2.24, 2.45) is 0 Å². The summed E-state index contributed by atoms with van der Waals surface area (Å²) < 4.78 is 44.4. The predicted molar refractivity (Wildman–Crippen MR) is 101 cm³/mol. The summed E-state index contributed by atoms with van der Waals surface area (Å²) in [5, 5.41) is 0. The molecular formula is C18H39NO5S. The average Bonchev–Trinajstić information content (AvgIpc) is 2.53. The summed E-state index contributed by atoms with van der Waals surface area (Å²) in [7, 11) is -1.99. The Kier molecular flexibility index (Phi) is 14.8. The van der Waals surface area contributed by atoms with Crippen LogP contribution in [0.2, 0.25) is 0 Å². The zero-order chi connectivity index (χ0) is 19.0. The fraction of sp³-hybridized carbons (Fsp3) is 1.00. The molecule has 0 aromatic carbocycles. The van der Waals surface area contributed by atoms with Crippen LogP contribution >= 0.6 is 0 Å². The second kappa shape index (κ2) is 14.9. The van der Waals surface area contributed by atoms with Crippen LogP contribution in [0, 0.1) is 0 Å². The highest BCUT2D eigenvalue weighted by molar-refractivity contribution is 7.85. The fourth-order valence-electron chi connectivity index (χ4n) is 2.73. The van der Waals surface area contributed by atoms with Crippen LogP contribution in [0.1, 0.15) is 58.8 Å². The lowest BCUT2D eigenvalue weighted by molar-refractivity contribution is -0.910. The van der Waals surface area contributed by atoms with Crippen LogP contribution in [0.15, 0.2) is 0 Å². The van der Waals surface area contributed by atoms with Crippen molar-refractivity contribution in [2.75, 3.05) is 58.9 Å². The van der Waals surface area contributed by atoms with E-state index in [4.69, 9.17) is 9.47 Å². The minimum Gasteiger partial charge on any atom is -0.748 e. The van der Waals surface area contributed by atoms with Crippen LogP contribution in [0.3, 0.4) is 0 Å². The van der Waals surface area contributed by atoms with E-state index in [0.717, 1.165) is 43.4 Å². The van der Waals surface area contributed by atoms with Crippen LogP contribution < -0.4 is 0 Å². The maximum absolute atomic E-state index is 10.8. The molecule has 1 unspecified atom stereocenters. The molecule has 0 aliphatic carbocycles. The number of ether oxygens (including phenoxy) is 2. The van der Waals surface area contributed by atoms with E-state index in [1.165, 1.54) is 19.3 Å². The second-order valence-electron chi connectivity index (χ2n) is 7.04. The van der Waals surface area contributed by atoms with Gasteiger partial charge in [0.1, 0.15) is 6.54 Å². The molecular weight excluding hydrogens is 342 g/mol. The molecule has 6 nitrogen and oxygen atoms in total. The van der Waals surface area contributed by atoms with Gasteiger partial charge in [0.15, 0.2) is 0 Å². The summed E-state index contributed by atoms with van der Waals surface area (Å²) in [5.41, 5.74) is 0. The zero-order valence-electron chi connectivity index (χ0n) is 16.5. The van der Waals surface area contributed by atoms with Gasteiger partial charge in [-0.2, -0.15) is 0 Å². The number of hydrogen-bond acceptors (Lipinski definition) is 5. The molecule has 152 valence electrons. The van der Waals surface area contributed by atoms with Crippen molar-refractivity contribution in [3.63, 3.8) is 0 Å². The van der Waals surface area contributed by atoms with Gasteiger partial charge >= 0.3 is 0 Å². The average molecular weight is 382 g/mol. The van der Waals surface area contributed by atoms with Gasteiger partial charge in [-0.25, -0.2) is 8.42 Å². The second-order valence-corrected chi connectivity index (χ2v) is 8.57. The summed E-state index contributed by atoms with van der Waals surface area (Å²) in [6.07, 6.45) is 7.35. The Morgan fingerprint density at radius 3 is 1.96 bits per heavy atom. The topological polar surface area (TPSA) is 75.7 Å². The van der Waals surface area contributed by atoms with E-state index in [-0.39, 0.29) is 5.75 Å². The normalized spacial score (nSPS) is 14.6. The smallest absolute Gasteiger partial charge is 0.102 e. The van der Waals surface area contributed by atoms with Crippen molar-refractivity contribution in [3.05, 3.63) is 0 Å². The number of likely N-dealkylation sites (N-methyl/N-ethyl adjacent to an activating group) is 1. The first-order valence-electron chi connectivity index (χ1n) is 9.75. The highest BCUT2D eigenvalue weighted by Crippen LogP contribution is 2.10. The molecule has 0 rings (SSSR count). The van der Waals surface area contributed by atoms with Gasteiger partial charge in [-0.1, -0.05) is 33.1 Å². The Morgan fingerprint density at radius 1 is 0.760 bits per heavy atom. The van der Waals surface area contributed by atoms with E-state index >= 15 is 0 Å². The molecule has 25 heavy (non-hydrogen) atoms. The van der Waals surface area contributed by atoms with E-state index < -0.39 is 10.1 Å². The molecule has 0 spiro atoms. The van der Waals surface area contributed by atoms with Crippen LogP contribution in [0.5, 0.6) is 0 Å². The summed E-state index contributed by atoms with van der Waals surface area (Å²) in [4.78, 5) is 0. The molecule has 0 fully saturated rings. The van der Waals surface area contributed by atoms with E-state index in [9.17, 15) is 13.0 Å². The molecule has 7 heteroatoms. The Balaban J connectivity index is 4.10. The Hall–Kier alpha value is -0.210. The molecule has 1 atom stereocenters. The lowest BCUT2D eigenvalue weighted by Gasteiger charge is -2.35. The van der Waals surface area contributed by atoms with Gasteiger partial charge in [-0.3, -0.25) is 0 Å². The number of nitrogens with zero attached hydrogens (tertiary/aromatic N) is 1. The Morgan fingerprint density at radius 2 is 1.36 bits per heavy atom. The Labute approximate surface area is 155 Å². The molecule has 0 aliphatic heterocycles. The zero-order valence-corrected chi connectivity index (χ0v) is 17.3. The van der Waals surface area contributed by atoms with Crippen molar-refractivity contribution < 1.29 is 26.9 Å². The molecule has 0 bridgehead atoms. The number of rotatable bonds is 18. The Bertz CT molecular complexity index is 402. The van der Waals surface area contributed by atoms with Crippen LogP contribution in [0.4, 0.5) is 0 Å². The summed E-state index contributed by atoms with van der Waals surface area (Å²) in [6, 6.07) is 0. The first kappa shape index (κ1) is 24.8. The third-order valence-electron chi connectivity index (χ3n) is 4.43. The van der Waals surface area contributed by atoms with Gasteiger partial charge in [-0.15, -0.1) is 0 Å². The lowest BCUT2D eigenvalue weighted by Crippen LogP contribution is -2.48. The minimum atomic E-state index is -4.12. The van der Waals surface area contributed by atoms with Gasteiger partial charge in [0.2, 0.25) is 0 Å². The van der Waals surface area contributed by atoms with Gasteiger partial charge in [0, 0.05) is 18.8 Å². The standard InChI is InChI=1S/C18H39NO5S/c1-4-6-8-9-11-19(3,12-10-18-25(20,21)22)13-15-24-17-16-23-14-7-5-2/h4-18H2,1-3H3. The quantitative estimate of drug-likeness (QED) is 0.207. The SMILES string of the molecule is CCCCCC[N+](C)(CCCS(=O)(=O)[O-])CCOCCOCCCC. The van der Waals surface area contributed by atoms with Crippen molar-refractivity contribution in [2.45, 2.75) is 58.8 Å². The highest BCUT2D eigenvalue weighted by atomic mass is 32.2. The lowest BCUT2D eigenvalue weighted by atomic mass is 10.2. The maximum atomic E-state index is 10.8. The first-order valence-corrected chi connectivity index (χ1v) is 11.3. The predicted octanol–water partition coefficient (Wildman–Crippen LogP) is 2.78. The van der Waals surface area contributed by atoms with E-state index in [1.54, 1.807) is 0 Å². The molecule has 0 aromatic rings. The van der Waals surface area contributed by atoms with Gasteiger partial charge in [-0.05, 0) is 19.3 Å². The monoisotopic (exact) mass is 381 g/mol. The molecule has 0 amide bonds. The molecule has 0 aliphatic rings. The van der Waals surface area contributed by atoms with Crippen LogP contribution in [-0.4, -0.2) is 76.3 Å². The highest BCUT2D eigenvalue weighted by Gasteiger charge is 2.21. The summed E-state index contributed by atoms with van der Waals surface area (Å²) in [6.45, 7) is 9.48. The molecule has 0 N–H and O–H groups in total. The molecule has 0 radical (unpaired) electrons. The number of unbranched alkanes of at least 4 members (excludes halogenated alkanes) is 4. The first-order chi connectivity index (χ1) is 11.8. The van der Waals surface area contributed by atoms with Crippen molar-refractivity contribution >= 4 is 10.1 Å². The minimum absolute atomic E-state index is 0.276. The third-order valence-corrected chi connectivity index (χ3v) is 5.22.